The third kappa shape index (κ3) is 10.5. The average molecular weight is 737 g/mol. The molecule has 0 saturated heterocycles. The highest BCUT2D eigenvalue weighted by Gasteiger charge is 2.30. The molecule has 3 aromatic rings. The Morgan fingerprint density at radius 2 is 0.907 bits per heavy atom. The summed E-state index contributed by atoms with van der Waals surface area (Å²) in [5.74, 6) is -0.914. The van der Waals surface area contributed by atoms with Gasteiger partial charge in [0.05, 0.1) is 12.6 Å². The molecule has 54 heavy (non-hydrogen) atoms. The first-order valence-corrected chi connectivity index (χ1v) is 19.4. The third-order valence-corrected chi connectivity index (χ3v) is 10.9. The normalized spacial score (nSPS) is 24.0. The van der Waals surface area contributed by atoms with Crippen molar-refractivity contribution in [2.75, 3.05) is 0 Å². The van der Waals surface area contributed by atoms with Gasteiger partial charge in [0.25, 0.3) is 23.6 Å². The Kier molecular flexibility index (Phi) is 13.8. The third-order valence-electron chi connectivity index (χ3n) is 10.9. The molecule has 12 heteroatoms. The molecule has 3 fully saturated rings. The van der Waals surface area contributed by atoms with E-state index in [0.29, 0.717) is 28.7 Å². The number of benzene rings is 3. The molecule has 6 unspecified atom stereocenters. The highest BCUT2D eigenvalue weighted by Crippen LogP contribution is 2.23. The molecule has 0 radical (unpaired) electrons. The van der Waals surface area contributed by atoms with Crippen LogP contribution in [0.5, 0.6) is 0 Å². The number of rotatable bonds is 14. The molecule has 3 aliphatic rings. The van der Waals surface area contributed by atoms with Gasteiger partial charge in [0, 0.05) is 52.5 Å². The minimum atomic E-state index is -0.305. The van der Waals surface area contributed by atoms with E-state index in [4.69, 9.17) is 4.84 Å². The Labute approximate surface area is 316 Å². The maximum Gasteiger partial charge on any atom is 0.251 e. The lowest BCUT2D eigenvalue weighted by atomic mass is 9.89. The maximum atomic E-state index is 13.5. The summed E-state index contributed by atoms with van der Waals surface area (Å²) < 4.78 is 0. The lowest BCUT2D eigenvalue weighted by molar-refractivity contribution is -0.110. The Balaban J connectivity index is 1.00. The molecule has 6 N–H and O–H groups in total. The first-order valence-electron chi connectivity index (χ1n) is 19.4. The second-order valence-corrected chi connectivity index (χ2v) is 14.7. The number of hydrogen-bond acceptors (Lipinski definition) is 7. The van der Waals surface area contributed by atoms with E-state index < -0.39 is 0 Å². The van der Waals surface area contributed by atoms with Gasteiger partial charge in [-0.1, -0.05) is 74.9 Å². The number of carbonyl (C=O) groups excluding carboxylic acids is 5. The van der Waals surface area contributed by atoms with Gasteiger partial charge in [-0.05, 0) is 86.6 Å². The van der Waals surface area contributed by atoms with Crippen LogP contribution in [0.3, 0.4) is 0 Å². The van der Waals surface area contributed by atoms with Crippen LogP contribution in [0.2, 0.25) is 0 Å². The van der Waals surface area contributed by atoms with E-state index in [2.05, 4.69) is 32.1 Å². The molecular weight excluding hydrogens is 684 g/mol. The van der Waals surface area contributed by atoms with Crippen LogP contribution in [0.25, 0.3) is 0 Å². The van der Waals surface area contributed by atoms with Crippen molar-refractivity contribution in [1.29, 1.82) is 0 Å². The predicted octanol–water partition coefficient (Wildman–Crippen LogP) is 4.71. The molecule has 0 heterocycles. The average Bonchev–Trinajstić information content (AvgIpc) is 3.20. The second kappa shape index (κ2) is 19.3. The Bertz CT molecular complexity index is 1750. The fourth-order valence-electron chi connectivity index (χ4n) is 7.94. The first-order chi connectivity index (χ1) is 26.4. The molecule has 0 spiro atoms. The van der Waals surface area contributed by atoms with Gasteiger partial charge in [-0.2, -0.15) is 5.48 Å². The molecule has 12 nitrogen and oxygen atoms in total. The van der Waals surface area contributed by atoms with Crippen LogP contribution in [0.1, 0.15) is 124 Å². The fraction of sp³-hybridized carbons (Fsp3) is 0.452. The lowest BCUT2D eigenvalue weighted by Crippen LogP contribution is -2.53. The summed E-state index contributed by atoms with van der Waals surface area (Å²) in [6.45, 7) is 0.243. The summed E-state index contributed by atoms with van der Waals surface area (Å²) in [4.78, 5) is 69.9. The van der Waals surface area contributed by atoms with E-state index in [9.17, 15) is 24.0 Å². The Morgan fingerprint density at radius 3 is 1.44 bits per heavy atom. The van der Waals surface area contributed by atoms with Crippen molar-refractivity contribution in [3.63, 3.8) is 0 Å². The van der Waals surface area contributed by atoms with Crippen molar-refractivity contribution in [1.82, 2.24) is 32.1 Å². The SMILES string of the molecule is O=CNC1CCCCC1NC(=O)c1cccc(C(=O)NC2CCCCC2NC(=O)c2cccc(CONC3CCCCC3NC(=O)c3ccccc3)c2)c1. The predicted molar refractivity (Wildman–Crippen MR) is 204 cm³/mol. The second-order valence-electron chi connectivity index (χ2n) is 14.7. The standard InChI is InChI=1S/C42H52N6O6/c49-27-43-33-18-4-5-19-34(33)44-41(52)31-16-11-17-32(25-31)42(53)46-36-21-7-6-20-35(36)45-40(51)30-15-10-12-28(24-30)26-54-48-38-23-9-8-22-37(38)47-39(50)29-13-2-1-3-14-29/h1-3,10-17,24-25,27,33-38,48H,4-9,18-23,26H2,(H,43,49)(H,44,52)(H,45,51)(H,46,53)(H,47,50). The molecule has 5 amide bonds. The summed E-state index contributed by atoms with van der Waals surface area (Å²) in [7, 11) is 0. The van der Waals surface area contributed by atoms with Crippen molar-refractivity contribution in [2.45, 2.75) is 120 Å². The number of hydrogen-bond donors (Lipinski definition) is 6. The van der Waals surface area contributed by atoms with Crippen LogP contribution in [-0.2, 0) is 16.2 Å². The van der Waals surface area contributed by atoms with Gasteiger partial charge in [-0.3, -0.25) is 28.8 Å². The van der Waals surface area contributed by atoms with Crippen molar-refractivity contribution in [3.8, 4) is 0 Å². The number of hydroxylamine groups is 1. The van der Waals surface area contributed by atoms with Gasteiger partial charge in [-0.25, -0.2) is 0 Å². The van der Waals surface area contributed by atoms with Crippen LogP contribution >= 0.6 is 0 Å². The number of amides is 5. The van der Waals surface area contributed by atoms with Crippen LogP contribution in [0.15, 0.2) is 78.9 Å². The summed E-state index contributed by atoms with van der Waals surface area (Å²) >= 11 is 0. The maximum absolute atomic E-state index is 13.5. The zero-order valence-electron chi connectivity index (χ0n) is 30.7. The molecule has 0 aromatic heterocycles. The van der Waals surface area contributed by atoms with Crippen LogP contribution in [0, 0.1) is 0 Å². The molecule has 0 aliphatic heterocycles. The molecular formula is C42H52N6O6. The smallest absolute Gasteiger partial charge is 0.251 e. The summed E-state index contributed by atoms with van der Waals surface area (Å²) in [5.41, 5.74) is 5.87. The van der Waals surface area contributed by atoms with E-state index in [1.165, 1.54) is 0 Å². The molecule has 0 bridgehead atoms. The van der Waals surface area contributed by atoms with Gasteiger partial charge in [-0.15, -0.1) is 0 Å². The van der Waals surface area contributed by atoms with Gasteiger partial charge >= 0.3 is 0 Å². The van der Waals surface area contributed by atoms with E-state index >= 15 is 0 Å². The first kappa shape index (κ1) is 38.6. The quantitative estimate of drug-likeness (QED) is 0.103. The Morgan fingerprint density at radius 1 is 0.500 bits per heavy atom. The van der Waals surface area contributed by atoms with Crippen molar-refractivity contribution >= 4 is 30.0 Å². The van der Waals surface area contributed by atoms with E-state index in [-0.39, 0.29) is 66.5 Å². The molecule has 3 aromatic carbocycles. The zero-order chi connectivity index (χ0) is 37.7. The Hall–Kier alpha value is -5.07. The zero-order valence-corrected chi connectivity index (χ0v) is 30.7. The minimum Gasteiger partial charge on any atom is -0.354 e. The lowest BCUT2D eigenvalue weighted by Gasteiger charge is -2.33. The van der Waals surface area contributed by atoms with Gasteiger partial charge < -0.3 is 26.6 Å². The molecule has 6 rings (SSSR count). The van der Waals surface area contributed by atoms with Crippen LogP contribution in [-0.4, -0.2) is 66.3 Å². The minimum absolute atomic E-state index is 0.0305. The van der Waals surface area contributed by atoms with Crippen molar-refractivity contribution in [2.24, 2.45) is 0 Å². The largest absolute Gasteiger partial charge is 0.354 e. The highest BCUT2D eigenvalue weighted by atomic mass is 16.6. The molecule has 6 atom stereocenters. The molecule has 3 saturated carbocycles. The van der Waals surface area contributed by atoms with Crippen LogP contribution < -0.4 is 32.1 Å². The summed E-state index contributed by atoms with van der Waals surface area (Å²) in [6, 6.07) is 22.2. The monoisotopic (exact) mass is 736 g/mol. The number of carbonyl (C=O) groups is 5. The van der Waals surface area contributed by atoms with Crippen LogP contribution in [0.4, 0.5) is 0 Å². The molecule has 286 valence electrons. The number of nitrogens with one attached hydrogen (secondary N) is 6. The topological polar surface area (TPSA) is 167 Å². The van der Waals surface area contributed by atoms with Crippen molar-refractivity contribution in [3.05, 3.63) is 107 Å². The highest BCUT2D eigenvalue weighted by molar-refractivity contribution is 6.00. The van der Waals surface area contributed by atoms with E-state index in [0.717, 1.165) is 82.6 Å². The van der Waals surface area contributed by atoms with E-state index in [1.807, 2.05) is 36.4 Å². The fourth-order valence-corrected chi connectivity index (χ4v) is 7.94. The molecule has 3 aliphatic carbocycles. The van der Waals surface area contributed by atoms with Gasteiger partial charge in [0.2, 0.25) is 6.41 Å². The summed E-state index contributed by atoms with van der Waals surface area (Å²) in [5, 5.41) is 15.3. The summed E-state index contributed by atoms with van der Waals surface area (Å²) in [6.07, 6.45) is 11.4. The van der Waals surface area contributed by atoms with E-state index in [1.54, 1.807) is 42.5 Å². The van der Waals surface area contributed by atoms with Gasteiger partial charge in [0.1, 0.15) is 0 Å². The van der Waals surface area contributed by atoms with Gasteiger partial charge in [0.15, 0.2) is 0 Å². The van der Waals surface area contributed by atoms with Crippen molar-refractivity contribution < 1.29 is 28.8 Å².